The summed E-state index contributed by atoms with van der Waals surface area (Å²) >= 11 is 3.41. The Kier molecular flexibility index (Phi) is 3.85. The highest BCUT2D eigenvalue weighted by atomic mass is 79.9. The fourth-order valence-electron chi connectivity index (χ4n) is 2.02. The van der Waals surface area contributed by atoms with E-state index in [0.717, 1.165) is 10.0 Å². The van der Waals surface area contributed by atoms with E-state index < -0.39 is 11.9 Å². The van der Waals surface area contributed by atoms with E-state index in [0.29, 0.717) is 18.6 Å². The number of halogens is 1. The third-order valence-electron chi connectivity index (χ3n) is 2.95. The average molecular weight is 311 g/mol. The molecule has 2 rings (SSSR count). The number of benzene rings is 1. The van der Waals surface area contributed by atoms with Crippen molar-refractivity contribution in [3.8, 4) is 0 Å². The first kappa shape index (κ1) is 13.3. The minimum atomic E-state index is -0.669. The van der Waals surface area contributed by atoms with Gasteiger partial charge in [0.1, 0.15) is 5.92 Å². The van der Waals surface area contributed by atoms with Crippen molar-refractivity contribution < 1.29 is 14.3 Å². The SMILES string of the molecule is CC(C)COC(=O)C1Cc2c(Br)cccc2C1=O. The van der Waals surface area contributed by atoms with Crippen LogP contribution >= 0.6 is 15.9 Å². The number of ether oxygens (including phenoxy) is 1. The van der Waals surface area contributed by atoms with Crippen LogP contribution in [-0.2, 0) is 16.0 Å². The number of ketones is 1. The van der Waals surface area contributed by atoms with Gasteiger partial charge >= 0.3 is 5.97 Å². The lowest BCUT2D eigenvalue weighted by atomic mass is 10.1. The second-order valence-electron chi connectivity index (χ2n) is 4.91. The quantitative estimate of drug-likeness (QED) is 0.636. The molecule has 4 heteroatoms. The van der Waals surface area contributed by atoms with Gasteiger partial charge in [-0.05, 0) is 24.0 Å². The standard InChI is InChI=1S/C14H15BrO3/c1-8(2)7-18-14(17)11-6-10-9(13(11)16)4-3-5-12(10)15/h3-5,8,11H,6-7H2,1-2H3. The summed E-state index contributed by atoms with van der Waals surface area (Å²) in [5.41, 5.74) is 1.55. The van der Waals surface area contributed by atoms with E-state index in [-0.39, 0.29) is 11.7 Å². The zero-order valence-corrected chi connectivity index (χ0v) is 12.0. The Labute approximate surface area is 115 Å². The van der Waals surface area contributed by atoms with E-state index in [1.165, 1.54) is 0 Å². The number of Topliss-reactive ketones (excluding diaryl/α,β-unsaturated/α-hetero) is 1. The van der Waals surface area contributed by atoms with Crippen molar-refractivity contribution in [2.24, 2.45) is 11.8 Å². The van der Waals surface area contributed by atoms with Crippen molar-refractivity contribution in [2.45, 2.75) is 20.3 Å². The van der Waals surface area contributed by atoms with Crippen LogP contribution in [0.3, 0.4) is 0 Å². The molecule has 1 aromatic rings. The van der Waals surface area contributed by atoms with Crippen LogP contribution in [0.4, 0.5) is 0 Å². The molecule has 3 nitrogen and oxygen atoms in total. The van der Waals surface area contributed by atoms with Gasteiger partial charge in [-0.1, -0.05) is 41.9 Å². The van der Waals surface area contributed by atoms with Gasteiger partial charge in [-0.3, -0.25) is 9.59 Å². The van der Waals surface area contributed by atoms with Crippen molar-refractivity contribution in [1.29, 1.82) is 0 Å². The van der Waals surface area contributed by atoms with Gasteiger partial charge in [-0.25, -0.2) is 0 Å². The summed E-state index contributed by atoms with van der Waals surface area (Å²) in [4.78, 5) is 24.0. The molecule has 0 spiro atoms. The van der Waals surface area contributed by atoms with Crippen LogP contribution in [0.2, 0.25) is 0 Å². The first-order valence-electron chi connectivity index (χ1n) is 5.99. The maximum absolute atomic E-state index is 12.1. The second kappa shape index (κ2) is 5.22. The van der Waals surface area contributed by atoms with Crippen LogP contribution in [0.5, 0.6) is 0 Å². The van der Waals surface area contributed by atoms with Gasteiger partial charge in [-0.2, -0.15) is 0 Å². The summed E-state index contributed by atoms with van der Waals surface area (Å²) in [6.07, 6.45) is 0.437. The van der Waals surface area contributed by atoms with Crippen molar-refractivity contribution >= 4 is 27.7 Å². The summed E-state index contributed by atoms with van der Waals surface area (Å²) < 4.78 is 6.04. The molecule has 1 aliphatic rings. The van der Waals surface area contributed by atoms with E-state index in [4.69, 9.17) is 4.74 Å². The molecule has 1 unspecified atom stereocenters. The highest BCUT2D eigenvalue weighted by molar-refractivity contribution is 9.10. The molecule has 18 heavy (non-hydrogen) atoms. The highest BCUT2D eigenvalue weighted by Gasteiger charge is 2.37. The Hall–Kier alpha value is -1.16. The van der Waals surface area contributed by atoms with Crippen LogP contribution in [0.15, 0.2) is 22.7 Å². The van der Waals surface area contributed by atoms with Gasteiger partial charge in [0.15, 0.2) is 5.78 Å². The van der Waals surface area contributed by atoms with Gasteiger partial charge in [0.05, 0.1) is 6.61 Å². The molecular formula is C14H15BrO3. The lowest BCUT2D eigenvalue weighted by Crippen LogP contribution is -2.24. The Morgan fingerprint density at radius 2 is 2.22 bits per heavy atom. The van der Waals surface area contributed by atoms with Crippen LogP contribution < -0.4 is 0 Å². The first-order chi connectivity index (χ1) is 8.50. The minimum Gasteiger partial charge on any atom is -0.465 e. The predicted molar refractivity (Wildman–Crippen MR) is 71.5 cm³/mol. The first-order valence-corrected chi connectivity index (χ1v) is 6.78. The normalized spacial score (nSPS) is 18.0. The predicted octanol–water partition coefficient (Wildman–Crippen LogP) is 3.00. The van der Waals surface area contributed by atoms with Crippen molar-refractivity contribution in [1.82, 2.24) is 0 Å². The van der Waals surface area contributed by atoms with E-state index >= 15 is 0 Å². The molecule has 0 radical (unpaired) electrons. The Morgan fingerprint density at radius 3 is 2.83 bits per heavy atom. The Morgan fingerprint density at radius 1 is 1.50 bits per heavy atom. The van der Waals surface area contributed by atoms with Crippen molar-refractivity contribution in [2.75, 3.05) is 6.61 Å². The number of fused-ring (bicyclic) bond motifs is 1. The van der Waals surface area contributed by atoms with Crippen molar-refractivity contribution in [3.63, 3.8) is 0 Å². The second-order valence-corrected chi connectivity index (χ2v) is 5.77. The topological polar surface area (TPSA) is 43.4 Å². The number of rotatable bonds is 3. The lowest BCUT2D eigenvalue weighted by molar-refractivity contribution is -0.147. The van der Waals surface area contributed by atoms with Crippen LogP contribution in [0.25, 0.3) is 0 Å². The molecule has 1 atom stereocenters. The molecule has 0 bridgehead atoms. The molecule has 1 aromatic carbocycles. The van der Waals surface area contributed by atoms with Gasteiger partial charge < -0.3 is 4.74 Å². The number of carbonyl (C=O) groups excluding carboxylic acids is 2. The summed E-state index contributed by atoms with van der Waals surface area (Å²) in [5.74, 6) is -0.922. The monoisotopic (exact) mass is 310 g/mol. The van der Waals surface area contributed by atoms with Crippen LogP contribution in [0.1, 0.15) is 29.8 Å². The number of hydrogen-bond acceptors (Lipinski definition) is 3. The van der Waals surface area contributed by atoms with E-state index in [2.05, 4.69) is 15.9 Å². The summed E-state index contributed by atoms with van der Waals surface area (Å²) in [6.45, 7) is 4.30. The molecule has 0 heterocycles. The zero-order valence-electron chi connectivity index (χ0n) is 10.4. The average Bonchev–Trinajstić information content (AvgIpc) is 2.66. The third-order valence-corrected chi connectivity index (χ3v) is 3.70. The number of carbonyl (C=O) groups is 2. The third kappa shape index (κ3) is 2.48. The summed E-state index contributed by atoms with van der Waals surface area (Å²) in [7, 11) is 0. The fourth-order valence-corrected chi connectivity index (χ4v) is 2.55. The van der Waals surface area contributed by atoms with Gasteiger partial charge in [-0.15, -0.1) is 0 Å². The molecule has 0 aromatic heterocycles. The lowest BCUT2D eigenvalue weighted by Gasteiger charge is -2.10. The molecule has 96 valence electrons. The smallest absolute Gasteiger partial charge is 0.317 e. The van der Waals surface area contributed by atoms with E-state index in [9.17, 15) is 9.59 Å². The van der Waals surface area contributed by atoms with E-state index in [1.54, 1.807) is 6.07 Å². The number of esters is 1. The fraction of sp³-hybridized carbons (Fsp3) is 0.429. The van der Waals surface area contributed by atoms with Crippen molar-refractivity contribution in [3.05, 3.63) is 33.8 Å². The minimum absolute atomic E-state index is 0.125. The van der Waals surface area contributed by atoms with Crippen LogP contribution in [0, 0.1) is 11.8 Å². The zero-order chi connectivity index (χ0) is 13.3. The summed E-state index contributed by atoms with van der Waals surface area (Å²) in [5, 5.41) is 0. The van der Waals surface area contributed by atoms with Gasteiger partial charge in [0.25, 0.3) is 0 Å². The Balaban J connectivity index is 2.14. The molecule has 0 saturated heterocycles. The maximum atomic E-state index is 12.1. The molecule has 0 N–H and O–H groups in total. The highest BCUT2D eigenvalue weighted by Crippen LogP contribution is 2.32. The maximum Gasteiger partial charge on any atom is 0.317 e. The molecule has 0 fully saturated rings. The Bertz CT molecular complexity index is 494. The van der Waals surface area contributed by atoms with Crippen LogP contribution in [-0.4, -0.2) is 18.4 Å². The largest absolute Gasteiger partial charge is 0.465 e. The van der Waals surface area contributed by atoms with Gasteiger partial charge in [0, 0.05) is 10.0 Å². The molecular weight excluding hydrogens is 296 g/mol. The molecule has 0 saturated carbocycles. The van der Waals surface area contributed by atoms with E-state index in [1.807, 2.05) is 26.0 Å². The molecule has 0 aliphatic heterocycles. The molecule has 1 aliphatic carbocycles. The summed E-state index contributed by atoms with van der Waals surface area (Å²) in [6, 6.07) is 5.45. The number of hydrogen-bond donors (Lipinski definition) is 0. The molecule has 0 amide bonds. The van der Waals surface area contributed by atoms with Gasteiger partial charge in [0.2, 0.25) is 0 Å².